The summed E-state index contributed by atoms with van der Waals surface area (Å²) in [6.45, 7) is 4.34. The van der Waals surface area contributed by atoms with Crippen molar-refractivity contribution < 1.29 is 0 Å². The van der Waals surface area contributed by atoms with Gasteiger partial charge >= 0.3 is 0 Å². The highest BCUT2D eigenvalue weighted by molar-refractivity contribution is 5.85. The van der Waals surface area contributed by atoms with Crippen LogP contribution in [0.2, 0.25) is 0 Å². The van der Waals surface area contributed by atoms with Crippen LogP contribution in [0.25, 0.3) is 6.08 Å². The summed E-state index contributed by atoms with van der Waals surface area (Å²) in [4.78, 5) is 2.36. The molecule has 0 saturated carbocycles. The molecular formula is C19H24ClN. The van der Waals surface area contributed by atoms with Crippen molar-refractivity contribution in [2.24, 2.45) is 0 Å². The van der Waals surface area contributed by atoms with Crippen molar-refractivity contribution in [1.29, 1.82) is 0 Å². The zero-order valence-corrected chi connectivity index (χ0v) is 13.6. The van der Waals surface area contributed by atoms with E-state index in [1.807, 2.05) is 6.07 Å². The van der Waals surface area contributed by atoms with Gasteiger partial charge in [-0.15, -0.1) is 12.4 Å². The summed E-state index contributed by atoms with van der Waals surface area (Å²) in [5, 5.41) is 0. The second-order valence-corrected chi connectivity index (χ2v) is 5.35. The SMILES string of the molecule is CC(CN(C)C/C=C\c1ccccc1)c1ccccc1.Cl. The van der Waals surface area contributed by atoms with Crippen molar-refractivity contribution in [3.8, 4) is 0 Å². The van der Waals surface area contributed by atoms with Crippen LogP contribution in [0.1, 0.15) is 24.0 Å². The molecule has 1 atom stereocenters. The third kappa shape index (κ3) is 6.16. The lowest BCUT2D eigenvalue weighted by molar-refractivity contribution is 0.349. The molecule has 0 bridgehead atoms. The van der Waals surface area contributed by atoms with Gasteiger partial charge in [0.2, 0.25) is 0 Å². The van der Waals surface area contributed by atoms with E-state index in [1.54, 1.807) is 0 Å². The van der Waals surface area contributed by atoms with Gasteiger partial charge in [0.05, 0.1) is 0 Å². The van der Waals surface area contributed by atoms with Gasteiger partial charge in [-0.2, -0.15) is 0 Å². The molecule has 0 spiro atoms. The molecule has 0 aliphatic carbocycles. The normalized spacial score (nSPS) is 12.3. The molecule has 112 valence electrons. The van der Waals surface area contributed by atoms with Gasteiger partial charge in [-0.1, -0.05) is 79.7 Å². The van der Waals surface area contributed by atoms with E-state index in [0.29, 0.717) is 5.92 Å². The highest BCUT2D eigenvalue weighted by atomic mass is 35.5. The number of rotatable bonds is 6. The van der Waals surface area contributed by atoms with E-state index < -0.39 is 0 Å². The van der Waals surface area contributed by atoms with E-state index in [4.69, 9.17) is 0 Å². The maximum atomic E-state index is 2.36. The van der Waals surface area contributed by atoms with Crippen LogP contribution in [-0.2, 0) is 0 Å². The van der Waals surface area contributed by atoms with Crippen LogP contribution in [0.15, 0.2) is 66.7 Å². The number of likely N-dealkylation sites (N-methyl/N-ethyl adjacent to an activating group) is 1. The van der Waals surface area contributed by atoms with E-state index in [2.05, 4.69) is 85.6 Å². The fourth-order valence-corrected chi connectivity index (χ4v) is 2.36. The van der Waals surface area contributed by atoms with Crippen LogP contribution in [0, 0.1) is 0 Å². The fraction of sp³-hybridized carbons (Fsp3) is 0.263. The molecule has 0 heterocycles. The number of nitrogens with zero attached hydrogens (tertiary/aromatic N) is 1. The maximum Gasteiger partial charge on any atom is 0.0163 e. The zero-order chi connectivity index (χ0) is 14.2. The third-order valence-electron chi connectivity index (χ3n) is 3.48. The summed E-state index contributed by atoms with van der Waals surface area (Å²) in [5.41, 5.74) is 2.67. The molecule has 0 radical (unpaired) electrons. The molecule has 2 aromatic carbocycles. The minimum absolute atomic E-state index is 0. The molecule has 2 aromatic rings. The van der Waals surface area contributed by atoms with Crippen LogP contribution in [0.5, 0.6) is 0 Å². The molecule has 0 fully saturated rings. The van der Waals surface area contributed by atoms with Crippen LogP contribution in [0.3, 0.4) is 0 Å². The van der Waals surface area contributed by atoms with Crippen molar-refractivity contribution in [1.82, 2.24) is 4.90 Å². The molecule has 2 heteroatoms. The second-order valence-electron chi connectivity index (χ2n) is 5.35. The Morgan fingerprint density at radius 1 is 0.952 bits per heavy atom. The molecular weight excluding hydrogens is 278 g/mol. The molecule has 0 saturated heterocycles. The molecule has 0 N–H and O–H groups in total. The van der Waals surface area contributed by atoms with E-state index in [-0.39, 0.29) is 12.4 Å². The Bertz CT molecular complexity index is 522. The lowest BCUT2D eigenvalue weighted by Gasteiger charge is -2.20. The Hall–Kier alpha value is -1.57. The summed E-state index contributed by atoms with van der Waals surface area (Å²) < 4.78 is 0. The van der Waals surface area contributed by atoms with E-state index >= 15 is 0 Å². The van der Waals surface area contributed by atoms with Gasteiger partial charge in [0.15, 0.2) is 0 Å². The lowest BCUT2D eigenvalue weighted by atomic mass is 10.0. The van der Waals surface area contributed by atoms with Crippen molar-refractivity contribution in [3.05, 3.63) is 77.9 Å². The molecule has 0 aliphatic rings. The summed E-state index contributed by atoms with van der Waals surface area (Å²) in [5.74, 6) is 0.561. The first kappa shape index (κ1) is 17.5. The summed E-state index contributed by atoms with van der Waals surface area (Å²) >= 11 is 0. The van der Waals surface area contributed by atoms with Gasteiger partial charge in [0, 0.05) is 13.1 Å². The molecule has 21 heavy (non-hydrogen) atoms. The van der Waals surface area contributed by atoms with Crippen molar-refractivity contribution in [2.45, 2.75) is 12.8 Å². The summed E-state index contributed by atoms with van der Waals surface area (Å²) in [7, 11) is 2.18. The van der Waals surface area contributed by atoms with Gasteiger partial charge in [0.1, 0.15) is 0 Å². The van der Waals surface area contributed by atoms with Gasteiger partial charge in [-0.05, 0) is 24.1 Å². The minimum Gasteiger partial charge on any atom is -0.302 e. The van der Waals surface area contributed by atoms with E-state index in [0.717, 1.165) is 13.1 Å². The average Bonchev–Trinajstić information content (AvgIpc) is 2.49. The second kappa shape index (κ2) is 9.38. The largest absolute Gasteiger partial charge is 0.302 e. The Balaban J connectivity index is 0.00000220. The Kier molecular flexibility index (Phi) is 7.81. The lowest BCUT2D eigenvalue weighted by Crippen LogP contribution is -2.23. The quantitative estimate of drug-likeness (QED) is 0.736. The van der Waals surface area contributed by atoms with Crippen molar-refractivity contribution in [2.75, 3.05) is 20.1 Å². The van der Waals surface area contributed by atoms with Crippen LogP contribution in [-0.4, -0.2) is 25.0 Å². The maximum absolute atomic E-state index is 2.36. The van der Waals surface area contributed by atoms with Crippen molar-refractivity contribution in [3.63, 3.8) is 0 Å². The predicted molar refractivity (Wildman–Crippen MR) is 95.1 cm³/mol. The van der Waals surface area contributed by atoms with Crippen LogP contribution < -0.4 is 0 Å². The summed E-state index contributed by atoms with van der Waals surface area (Å²) in [6, 6.07) is 21.2. The molecule has 0 aliphatic heterocycles. The standard InChI is InChI=1S/C19H23N.ClH/c1-17(19-13-7-4-8-14-19)16-20(2)15-9-12-18-10-5-3-6-11-18;/h3-14,17H,15-16H2,1-2H3;1H/b12-9-;. The van der Waals surface area contributed by atoms with Crippen LogP contribution >= 0.6 is 12.4 Å². The number of halogens is 1. The molecule has 0 amide bonds. The van der Waals surface area contributed by atoms with Crippen LogP contribution in [0.4, 0.5) is 0 Å². The first-order valence-electron chi connectivity index (χ1n) is 7.21. The van der Waals surface area contributed by atoms with E-state index in [1.165, 1.54) is 11.1 Å². The highest BCUT2D eigenvalue weighted by Crippen LogP contribution is 2.15. The first-order valence-corrected chi connectivity index (χ1v) is 7.21. The third-order valence-corrected chi connectivity index (χ3v) is 3.48. The van der Waals surface area contributed by atoms with E-state index in [9.17, 15) is 0 Å². The van der Waals surface area contributed by atoms with Gasteiger partial charge < -0.3 is 4.90 Å². The molecule has 1 unspecified atom stereocenters. The van der Waals surface area contributed by atoms with Gasteiger partial charge in [-0.25, -0.2) is 0 Å². The number of hydrogen-bond acceptors (Lipinski definition) is 1. The first-order chi connectivity index (χ1) is 9.75. The molecule has 1 nitrogen and oxygen atoms in total. The monoisotopic (exact) mass is 301 g/mol. The van der Waals surface area contributed by atoms with Crippen molar-refractivity contribution >= 4 is 18.5 Å². The van der Waals surface area contributed by atoms with Gasteiger partial charge in [-0.3, -0.25) is 0 Å². The van der Waals surface area contributed by atoms with Gasteiger partial charge in [0.25, 0.3) is 0 Å². The molecule has 0 aromatic heterocycles. The minimum atomic E-state index is 0. The Labute approximate surface area is 134 Å². The summed E-state index contributed by atoms with van der Waals surface area (Å²) in [6.07, 6.45) is 4.41. The number of benzene rings is 2. The molecule has 2 rings (SSSR count). The predicted octanol–water partition coefficient (Wildman–Crippen LogP) is 4.86. The zero-order valence-electron chi connectivity index (χ0n) is 12.8. The Morgan fingerprint density at radius 3 is 2.14 bits per heavy atom. The number of hydrogen-bond donors (Lipinski definition) is 0. The topological polar surface area (TPSA) is 3.24 Å². The Morgan fingerprint density at radius 2 is 1.52 bits per heavy atom. The smallest absolute Gasteiger partial charge is 0.0163 e. The average molecular weight is 302 g/mol. The fourth-order valence-electron chi connectivity index (χ4n) is 2.36. The highest BCUT2D eigenvalue weighted by Gasteiger charge is 2.07.